The summed E-state index contributed by atoms with van der Waals surface area (Å²) in [4.78, 5) is 11.5. The SMILES string of the molecule is CCc1cc(=O)n(C(CC)CC)[nH]1. The Hall–Kier alpha value is -0.990. The quantitative estimate of drug-likeness (QED) is 0.760. The molecule has 0 unspecified atom stereocenters. The van der Waals surface area contributed by atoms with Crippen molar-refractivity contribution in [2.24, 2.45) is 0 Å². The maximum Gasteiger partial charge on any atom is 0.266 e. The molecule has 1 heterocycles. The van der Waals surface area contributed by atoms with Crippen LogP contribution in [0.4, 0.5) is 0 Å². The highest BCUT2D eigenvalue weighted by molar-refractivity contribution is 4.99. The van der Waals surface area contributed by atoms with Gasteiger partial charge in [-0.3, -0.25) is 9.89 Å². The molecule has 0 bridgehead atoms. The molecule has 0 spiro atoms. The van der Waals surface area contributed by atoms with E-state index in [2.05, 4.69) is 18.9 Å². The molecule has 0 radical (unpaired) electrons. The second-order valence-corrected chi connectivity index (χ2v) is 3.31. The van der Waals surface area contributed by atoms with Gasteiger partial charge in [0.05, 0.1) is 6.04 Å². The van der Waals surface area contributed by atoms with Crippen molar-refractivity contribution >= 4 is 0 Å². The first-order valence-electron chi connectivity index (χ1n) is 5.03. The summed E-state index contributed by atoms with van der Waals surface area (Å²) in [6.45, 7) is 6.25. The maximum atomic E-state index is 11.5. The van der Waals surface area contributed by atoms with Crippen LogP contribution in [0.25, 0.3) is 0 Å². The highest BCUT2D eigenvalue weighted by Gasteiger charge is 2.09. The smallest absolute Gasteiger partial charge is 0.266 e. The van der Waals surface area contributed by atoms with E-state index in [9.17, 15) is 4.79 Å². The Kier molecular flexibility index (Phi) is 3.34. The molecule has 0 saturated heterocycles. The molecule has 3 nitrogen and oxygen atoms in total. The molecular formula is C10H18N2O. The standard InChI is InChI=1S/C10H18N2O/c1-4-8-7-10(13)12(11-8)9(5-2)6-3/h7,9,11H,4-6H2,1-3H3. The highest BCUT2D eigenvalue weighted by atomic mass is 16.1. The van der Waals surface area contributed by atoms with E-state index in [0.717, 1.165) is 25.0 Å². The number of nitrogens with zero attached hydrogens (tertiary/aromatic N) is 1. The van der Waals surface area contributed by atoms with Crippen LogP contribution in [-0.4, -0.2) is 9.78 Å². The second kappa shape index (κ2) is 4.30. The summed E-state index contributed by atoms with van der Waals surface area (Å²) < 4.78 is 1.75. The number of aryl methyl sites for hydroxylation is 1. The lowest BCUT2D eigenvalue weighted by Crippen LogP contribution is -2.21. The molecule has 13 heavy (non-hydrogen) atoms. The van der Waals surface area contributed by atoms with Crippen LogP contribution in [0.15, 0.2) is 10.9 Å². The molecule has 1 aromatic rings. The maximum absolute atomic E-state index is 11.5. The molecule has 0 atom stereocenters. The Bertz CT molecular complexity index is 307. The first-order valence-corrected chi connectivity index (χ1v) is 5.03. The zero-order chi connectivity index (χ0) is 9.84. The zero-order valence-electron chi connectivity index (χ0n) is 8.63. The number of rotatable bonds is 4. The Balaban J connectivity index is 2.98. The van der Waals surface area contributed by atoms with E-state index in [1.54, 1.807) is 10.7 Å². The highest BCUT2D eigenvalue weighted by Crippen LogP contribution is 2.11. The van der Waals surface area contributed by atoms with Gasteiger partial charge >= 0.3 is 0 Å². The van der Waals surface area contributed by atoms with Gasteiger partial charge < -0.3 is 0 Å². The molecule has 1 N–H and O–H groups in total. The zero-order valence-corrected chi connectivity index (χ0v) is 8.63. The summed E-state index contributed by atoms with van der Waals surface area (Å²) in [7, 11) is 0. The molecule has 0 amide bonds. The topological polar surface area (TPSA) is 37.8 Å². The van der Waals surface area contributed by atoms with E-state index < -0.39 is 0 Å². The van der Waals surface area contributed by atoms with Gasteiger partial charge in [-0.25, -0.2) is 4.68 Å². The van der Waals surface area contributed by atoms with E-state index in [1.165, 1.54) is 0 Å². The number of hydrogen-bond donors (Lipinski definition) is 1. The third-order valence-electron chi connectivity index (χ3n) is 2.49. The van der Waals surface area contributed by atoms with Crippen molar-refractivity contribution in [3.63, 3.8) is 0 Å². The first kappa shape index (κ1) is 10.1. The van der Waals surface area contributed by atoms with Crippen molar-refractivity contribution in [1.82, 2.24) is 9.78 Å². The molecule has 74 valence electrons. The number of aromatic nitrogens is 2. The van der Waals surface area contributed by atoms with Gasteiger partial charge in [-0.05, 0) is 19.3 Å². The van der Waals surface area contributed by atoms with E-state index in [0.29, 0.717) is 6.04 Å². The van der Waals surface area contributed by atoms with Gasteiger partial charge in [0.25, 0.3) is 5.56 Å². The summed E-state index contributed by atoms with van der Waals surface area (Å²) in [5.41, 5.74) is 1.13. The molecule has 0 aromatic carbocycles. The Morgan fingerprint density at radius 2 is 2.00 bits per heavy atom. The lowest BCUT2D eigenvalue weighted by atomic mass is 10.2. The minimum Gasteiger partial charge on any atom is -0.299 e. The van der Waals surface area contributed by atoms with E-state index in [1.807, 2.05) is 6.92 Å². The van der Waals surface area contributed by atoms with Crippen molar-refractivity contribution < 1.29 is 0 Å². The molecular weight excluding hydrogens is 164 g/mol. The number of nitrogens with one attached hydrogen (secondary N) is 1. The Morgan fingerprint density at radius 3 is 2.38 bits per heavy atom. The van der Waals surface area contributed by atoms with Crippen molar-refractivity contribution in [2.45, 2.75) is 46.1 Å². The molecule has 3 heteroatoms. The minimum absolute atomic E-state index is 0.102. The molecule has 0 saturated carbocycles. The third kappa shape index (κ3) is 2.02. The fraction of sp³-hybridized carbons (Fsp3) is 0.700. The largest absolute Gasteiger partial charge is 0.299 e. The molecule has 0 fully saturated rings. The van der Waals surface area contributed by atoms with Gasteiger partial charge in [0, 0.05) is 11.8 Å². The average molecular weight is 182 g/mol. The number of aromatic amines is 1. The second-order valence-electron chi connectivity index (χ2n) is 3.31. The van der Waals surface area contributed by atoms with Gasteiger partial charge in [-0.1, -0.05) is 20.8 Å². The van der Waals surface area contributed by atoms with Crippen LogP contribution < -0.4 is 5.56 Å². The Morgan fingerprint density at radius 1 is 1.38 bits per heavy atom. The Labute approximate surface area is 78.8 Å². The minimum atomic E-state index is 0.102. The predicted octanol–water partition coefficient (Wildman–Crippen LogP) is 2.10. The fourth-order valence-corrected chi connectivity index (χ4v) is 1.57. The van der Waals surface area contributed by atoms with Gasteiger partial charge in [0.1, 0.15) is 0 Å². The number of H-pyrrole nitrogens is 1. The first-order chi connectivity index (χ1) is 6.22. The lowest BCUT2D eigenvalue weighted by molar-refractivity contribution is 0.415. The molecule has 1 rings (SSSR count). The van der Waals surface area contributed by atoms with Crippen molar-refractivity contribution in [3.05, 3.63) is 22.1 Å². The van der Waals surface area contributed by atoms with E-state index in [-0.39, 0.29) is 5.56 Å². The van der Waals surface area contributed by atoms with Crippen LogP contribution in [0.3, 0.4) is 0 Å². The molecule has 0 aliphatic heterocycles. The monoisotopic (exact) mass is 182 g/mol. The summed E-state index contributed by atoms with van der Waals surface area (Å²) in [6.07, 6.45) is 2.89. The predicted molar refractivity (Wildman–Crippen MR) is 54.0 cm³/mol. The number of hydrogen-bond acceptors (Lipinski definition) is 1. The summed E-state index contributed by atoms with van der Waals surface area (Å²) in [5.74, 6) is 0. The van der Waals surface area contributed by atoms with Gasteiger partial charge in [-0.2, -0.15) is 0 Å². The molecule has 1 aromatic heterocycles. The third-order valence-corrected chi connectivity index (χ3v) is 2.49. The normalized spacial score (nSPS) is 11.1. The van der Waals surface area contributed by atoms with Crippen LogP contribution in [0.2, 0.25) is 0 Å². The van der Waals surface area contributed by atoms with E-state index in [4.69, 9.17) is 0 Å². The van der Waals surface area contributed by atoms with Crippen LogP contribution in [0.1, 0.15) is 45.3 Å². The van der Waals surface area contributed by atoms with Crippen molar-refractivity contribution in [3.8, 4) is 0 Å². The fourth-order valence-electron chi connectivity index (χ4n) is 1.57. The summed E-state index contributed by atoms with van der Waals surface area (Å²) in [5, 5.41) is 3.14. The molecule has 0 aliphatic rings. The van der Waals surface area contributed by atoms with Crippen LogP contribution in [0, 0.1) is 0 Å². The van der Waals surface area contributed by atoms with Crippen LogP contribution in [-0.2, 0) is 6.42 Å². The van der Waals surface area contributed by atoms with Gasteiger partial charge in [0.15, 0.2) is 0 Å². The average Bonchev–Trinajstić information content (AvgIpc) is 2.50. The van der Waals surface area contributed by atoms with E-state index >= 15 is 0 Å². The van der Waals surface area contributed by atoms with Gasteiger partial charge in [-0.15, -0.1) is 0 Å². The van der Waals surface area contributed by atoms with Crippen molar-refractivity contribution in [2.75, 3.05) is 0 Å². The summed E-state index contributed by atoms with van der Waals surface area (Å²) >= 11 is 0. The summed E-state index contributed by atoms with van der Waals surface area (Å²) in [6, 6.07) is 2.02. The lowest BCUT2D eigenvalue weighted by Gasteiger charge is -2.12. The van der Waals surface area contributed by atoms with Crippen LogP contribution >= 0.6 is 0 Å². The molecule has 0 aliphatic carbocycles. The van der Waals surface area contributed by atoms with Gasteiger partial charge in [0.2, 0.25) is 0 Å². The van der Waals surface area contributed by atoms with Crippen molar-refractivity contribution in [1.29, 1.82) is 0 Å². The van der Waals surface area contributed by atoms with Crippen LogP contribution in [0.5, 0.6) is 0 Å².